The molecule has 1 fully saturated rings. The van der Waals surface area contributed by atoms with E-state index in [0.29, 0.717) is 5.56 Å². The smallest absolute Gasteiger partial charge is 0.311 e. The largest absolute Gasteiger partial charge is 0.481 e. The number of Topliss-reactive ketones (excluding diaryl/α,β-unsaturated/α-hetero) is 1. The van der Waals surface area contributed by atoms with Crippen molar-refractivity contribution in [2.24, 2.45) is 5.92 Å². The average molecular weight is 310 g/mol. The van der Waals surface area contributed by atoms with Gasteiger partial charge in [0.2, 0.25) is 0 Å². The van der Waals surface area contributed by atoms with Gasteiger partial charge < -0.3 is 5.11 Å². The lowest BCUT2D eigenvalue weighted by Gasteiger charge is -2.12. The minimum absolute atomic E-state index is 0.0937. The molecular weight excluding hydrogens is 292 g/mol. The summed E-state index contributed by atoms with van der Waals surface area (Å²) >= 11 is 0. The highest BCUT2D eigenvalue weighted by Gasteiger charge is 2.29. The van der Waals surface area contributed by atoms with Gasteiger partial charge in [-0.25, -0.2) is 8.42 Å². The molecule has 6 heteroatoms. The molecular formula is C15H18O5S. The molecule has 1 aliphatic rings. The number of rotatable bonds is 7. The first-order chi connectivity index (χ1) is 9.79. The molecule has 0 heterocycles. The predicted octanol–water partition coefficient (Wildman–Crippen LogP) is 2.02. The molecule has 114 valence electrons. The van der Waals surface area contributed by atoms with E-state index in [-0.39, 0.29) is 28.8 Å². The Labute approximate surface area is 123 Å². The summed E-state index contributed by atoms with van der Waals surface area (Å²) in [6.45, 7) is 1.34. The molecule has 1 aliphatic carbocycles. The molecule has 1 atom stereocenters. The van der Waals surface area contributed by atoms with E-state index in [1.165, 1.54) is 31.2 Å². The summed E-state index contributed by atoms with van der Waals surface area (Å²) in [5, 5.41) is 9.16. The van der Waals surface area contributed by atoms with Crippen molar-refractivity contribution in [2.45, 2.75) is 37.0 Å². The van der Waals surface area contributed by atoms with Crippen molar-refractivity contribution in [1.82, 2.24) is 0 Å². The third kappa shape index (κ3) is 4.14. The van der Waals surface area contributed by atoms with Crippen molar-refractivity contribution in [2.75, 3.05) is 5.75 Å². The summed E-state index contributed by atoms with van der Waals surface area (Å²) in [5.41, 5.74) is 0.447. The summed E-state index contributed by atoms with van der Waals surface area (Å²) in [4.78, 5) is 22.5. The molecule has 1 aromatic carbocycles. The van der Waals surface area contributed by atoms with E-state index >= 15 is 0 Å². The van der Waals surface area contributed by atoms with Crippen LogP contribution in [0.5, 0.6) is 0 Å². The SMILES string of the molecule is CC(=O)CC(C(=O)O)c1ccc(S(=O)(=O)CC2CC2)cc1. The van der Waals surface area contributed by atoms with E-state index in [1.54, 1.807) is 0 Å². The maximum absolute atomic E-state index is 12.1. The molecule has 0 saturated heterocycles. The maximum atomic E-state index is 12.1. The fourth-order valence-electron chi connectivity index (χ4n) is 2.23. The number of carboxylic acids is 1. The first-order valence-electron chi connectivity index (χ1n) is 6.84. The topological polar surface area (TPSA) is 88.5 Å². The van der Waals surface area contributed by atoms with E-state index < -0.39 is 21.7 Å². The molecule has 21 heavy (non-hydrogen) atoms. The standard InChI is InChI=1S/C15H18O5S/c1-10(16)8-14(15(17)18)12-4-6-13(7-5-12)21(19,20)9-11-2-3-11/h4-7,11,14H,2-3,8-9H2,1H3,(H,17,18). The fourth-order valence-corrected chi connectivity index (χ4v) is 3.93. The lowest BCUT2D eigenvalue weighted by molar-refractivity contribution is -0.140. The van der Waals surface area contributed by atoms with Crippen molar-refractivity contribution < 1.29 is 23.1 Å². The van der Waals surface area contributed by atoms with Gasteiger partial charge in [0, 0.05) is 6.42 Å². The van der Waals surface area contributed by atoms with Gasteiger partial charge in [0.05, 0.1) is 16.6 Å². The van der Waals surface area contributed by atoms with E-state index in [1.807, 2.05) is 0 Å². The Kier molecular flexibility index (Phi) is 4.46. The monoisotopic (exact) mass is 310 g/mol. The first-order valence-corrected chi connectivity index (χ1v) is 8.50. The van der Waals surface area contributed by atoms with Crippen molar-refractivity contribution in [3.05, 3.63) is 29.8 Å². The quantitative estimate of drug-likeness (QED) is 0.832. The molecule has 0 amide bonds. The van der Waals surface area contributed by atoms with Crippen LogP contribution in [0.2, 0.25) is 0 Å². The highest BCUT2D eigenvalue weighted by Crippen LogP contribution is 2.32. The third-order valence-electron chi connectivity index (χ3n) is 3.58. The van der Waals surface area contributed by atoms with Gasteiger partial charge in [-0.3, -0.25) is 9.59 Å². The minimum atomic E-state index is -3.30. The first kappa shape index (κ1) is 15.7. The van der Waals surface area contributed by atoms with Crippen LogP contribution in [0.3, 0.4) is 0 Å². The Morgan fingerprint density at radius 1 is 1.24 bits per heavy atom. The van der Waals surface area contributed by atoms with Crippen molar-refractivity contribution in [1.29, 1.82) is 0 Å². The molecule has 1 N–H and O–H groups in total. The summed E-state index contributed by atoms with van der Waals surface area (Å²) < 4.78 is 24.2. The molecule has 2 rings (SSSR count). The van der Waals surface area contributed by atoms with Gasteiger partial charge in [-0.1, -0.05) is 12.1 Å². The Morgan fingerprint density at radius 3 is 2.24 bits per heavy atom. The molecule has 0 aliphatic heterocycles. The second-order valence-electron chi connectivity index (χ2n) is 5.59. The fraction of sp³-hybridized carbons (Fsp3) is 0.467. The highest BCUT2D eigenvalue weighted by molar-refractivity contribution is 7.91. The number of sulfone groups is 1. The molecule has 1 aromatic rings. The molecule has 0 radical (unpaired) electrons. The number of hydrogen-bond donors (Lipinski definition) is 1. The van der Waals surface area contributed by atoms with Crippen LogP contribution in [0.1, 0.15) is 37.7 Å². The van der Waals surface area contributed by atoms with Crippen LogP contribution in [0, 0.1) is 5.92 Å². The second kappa shape index (κ2) is 5.97. The zero-order valence-corrected chi connectivity index (χ0v) is 12.6. The molecule has 0 bridgehead atoms. The van der Waals surface area contributed by atoms with Crippen LogP contribution in [0.4, 0.5) is 0 Å². The number of benzene rings is 1. The van der Waals surface area contributed by atoms with E-state index in [0.717, 1.165) is 12.8 Å². The van der Waals surface area contributed by atoms with Crippen molar-refractivity contribution >= 4 is 21.6 Å². The van der Waals surface area contributed by atoms with Gasteiger partial charge in [0.1, 0.15) is 5.78 Å². The normalized spacial score (nSPS) is 16.4. The molecule has 1 saturated carbocycles. The Bertz CT molecular complexity index is 641. The van der Waals surface area contributed by atoms with Gasteiger partial charge in [-0.05, 0) is 43.4 Å². The summed E-state index contributed by atoms with van der Waals surface area (Å²) in [7, 11) is -3.30. The molecule has 0 spiro atoms. The Hall–Kier alpha value is -1.69. The van der Waals surface area contributed by atoms with Crippen LogP contribution in [-0.2, 0) is 19.4 Å². The van der Waals surface area contributed by atoms with Crippen molar-refractivity contribution in [3.63, 3.8) is 0 Å². The highest BCUT2D eigenvalue weighted by atomic mass is 32.2. The number of hydrogen-bond acceptors (Lipinski definition) is 4. The lowest BCUT2D eigenvalue weighted by atomic mass is 9.94. The van der Waals surface area contributed by atoms with Crippen LogP contribution in [0.25, 0.3) is 0 Å². The number of ketones is 1. The minimum Gasteiger partial charge on any atom is -0.481 e. The number of aliphatic carboxylic acids is 1. The van der Waals surface area contributed by atoms with Crippen LogP contribution < -0.4 is 0 Å². The van der Waals surface area contributed by atoms with Gasteiger partial charge in [0.15, 0.2) is 9.84 Å². The lowest BCUT2D eigenvalue weighted by Crippen LogP contribution is -2.15. The second-order valence-corrected chi connectivity index (χ2v) is 7.63. The van der Waals surface area contributed by atoms with Crippen LogP contribution >= 0.6 is 0 Å². The zero-order valence-electron chi connectivity index (χ0n) is 11.8. The predicted molar refractivity (Wildman–Crippen MR) is 76.9 cm³/mol. The number of carbonyl (C=O) groups is 2. The van der Waals surface area contributed by atoms with Crippen LogP contribution in [0.15, 0.2) is 29.2 Å². The van der Waals surface area contributed by atoms with Gasteiger partial charge >= 0.3 is 5.97 Å². The van der Waals surface area contributed by atoms with Gasteiger partial charge in [-0.15, -0.1) is 0 Å². The molecule has 1 unspecified atom stereocenters. The van der Waals surface area contributed by atoms with Gasteiger partial charge in [-0.2, -0.15) is 0 Å². The summed E-state index contributed by atoms with van der Waals surface area (Å²) in [6, 6.07) is 5.84. The van der Waals surface area contributed by atoms with E-state index in [4.69, 9.17) is 5.11 Å². The average Bonchev–Trinajstić information content (AvgIpc) is 3.19. The Morgan fingerprint density at radius 2 is 1.81 bits per heavy atom. The third-order valence-corrected chi connectivity index (χ3v) is 5.48. The van der Waals surface area contributed by atoms with E-state index in [9.17, 15) is 18.0 Å². The number of carbonyl (C=O) groups excluding carboxylic acids is 1. The van der Waals surface area contributed by atoms with Gasteiger partial charge in [0.25, 0.3) is 0 Å². The van der Waals surface area contributed by atoms with Crippen molar-refractivity contribution in [3.8, 4) is 0 Å². The maximum Gasteiger partial charge on any atom is 0.311 e. The van der Waals surface area contributed by atoms with Crippen LogP contribution in [-0.4, -0.2) is 31.0 Å². The molecule has 5 nitrogen and oxygen atoms in total. The molecule has 0 aromatic heterocycles. The summed E-state index contributed by atoms with van der Waals surface area (Å²) in [5.74, 6) is -1.81. The Balaban J connectivity index is 2.20. The zero-order chi connectivity index (χ0) is 15.6. The number of carboxylic acid groups (broad SMARTS) is 1. The summed E-state index contributed by atoms with van der Waals surface area (Å²) in [6.07, 6.45) is 1.82. The van der Waals surface area contributed by atoms with E-state index in [2.05, 4.69) is 0 Å².